The van der Waals surface area contributed by atoms with Crippen LogP contribution in [0.5, 0.6) is 0 Å². The van der Waals surface area contributed by atoms with Gasteiger partial charge in [-0.15, -0.1) is 0 Å². The molecule has 1 rings (SSSR count). The average Bonchev–Trinajstić information content (AvgIpc) is 2.52. The van der Waals surface area contributed by atoms with E-state index in [4.69, 9.17) is 21.4 Å². The van der Waals surface area contributed by atoms with Crippen LogP contribution in [0.1, 0.15) is 19.4 Å². The molecule has 0 saturated carbocycles. The van der Waals surface area contributed by atoms with Crippen LogP contribution in [0.15, 0.2) is 18.2 Å². The largest absolute Gasteiger partial charge is 0.479 e. The zero-order valence-corrected chi connectivity index (χ0v) is 15.1. The van der Waals surface area contributed by atoms with E-state index in [-0.39, 0.29) is 23.2 Å². The van der Waals surface area contributed by atoms with E-state index in [0.29, 0.717) is 0 Å². The third-order valence-corrected chi connectivity index (χ3v) is 3.89. The lowest BCUT2D eigenvalue weighted by molar-refractivity contribution is -0.148. The van der Waals surface area contributed by atoms with Gasteiger partial charge in [0.1, 0.15) is 6.04 Å². The highest BCUT2D eigenvalue weighted by atomic mass is 35.5. The van der Waals surface area contributed by atoms with Gasteiger partial charge in [0, 0.05) is 7.11 Å². The molecule has 0 aliphatic carbocycles. The second-order valence-corrected chi connectivity index (χ2v) is 6.27. The summed E-state index contributed by atoms with van der Waals surface area (Å²) < 4.78 is 42.8. The van der Waals surface area contributed by atoms with Gasteiger partial charge in [0.25, 0.3) is 0 Å². The van der Waals surface area contributed by atoms with Gasteiger partial charge in [-0.3, -0.25) is 4.79 Å². The normalized spacial score (nSPS) is 14.0. The van der Waals surface area contributed by atoms with Crippen LogP contribution in [0.3, 0.4) is 0 Å². The number of carboxylic acid groups (broad SMARTS) is 1. The van der Waals surface area contributed by atoms with Crippen molar-refractivity contribution in [2.24, 2.45) is 5.92 Å². The molecule has 1 aromatic carbocycles. The zero-order chi connectivity index (χ0) is 20.1. The summed E-state index contributed by atoms with van der Waals surface area (Å²) >= 11 is 5.89. The molecule has 146 valence electrons. The molecule has 0 aromatic heterocycles. The molecule has 0 radical (unpaired) electrons. The summed E-state index contributed by atoms with van der Waals surface area (Å²) in [7, 11) is 1.20. The van der Waals surface area contributed by atoms with Gasteiger partial charge in [0.2, 0.25) is 5.91 Å². The fourth-order valence-corrected chi connectivity index (χ4v) is 2.32. The summed E-state index contributed by atoms with van der Waals surface area (Å²) in [5, 5.41) is 14.0. The minimum atomic E-state index is -4.52. The van der Waals surface area contributed by atoms with Crippen LogP contribution in [0.25, 0.3) is 0 Å². The number of nitrogens with one attached hydrogen (secondary N) is 2. The molecule has 2 unspecified atom stereocenters. The van der Waals surface area contributed by atoms with Crippen LogP contribution in [0.2, 0.25) is 5.02 Å². The van der Waals surface area contributed by atoms with E-state index >= 15 is 0 Å². The molecule has 0 bridgehead atoms. The standard InChI is InChI=1S/C16H20ClF3N2O4/c1-8(2)13(14(23)21-7-12(26-3)15(24)25)22-11-5-4-9(6-10(11)17)16(18,19)20/h4-6,8,12-13,22H,7H2,1-3H3,(H,21,23)(H,24,25). The van der Waals surface area contributed by atoms with Crippen molar-refractivity contribution < 1.29 is 32.6 Å². The topological polar surface area (TPSA) is 87.7 Å². The molecule has 26 heavy (non-hydrogen) atoms. The van der Waals surface area contributed by atoms with E-state index < -0.39 is 35.8 Å². The van der Waals surface area contributed by atoms with Gasteiger partial charge in [-0.25, -0.2) is 4.79 Å². The summed E-state index contributed by atoms with van der Waals surface area (Å²) in [5.41, 5.74) is -0.738. The van der Waals surface area contributed by atoms with Crippen molar-refractivity contribution in [3.8, 4) is 0 Å². The number of benzene rings is 1. The number of rotatable bonds is 8. The minimum Gasteiger partial charge on any atom is -0.479 e. The summed E-state index contributed by atoms with van der Waals surface area (Å²) in [6.45, 7) is 3.19. The Morgan fingerprint density at radius 2 is 1.92 bits per heavy atom. The van der Waals surface area contributed by atoms with E-state index in [0.717, 1.165) is 18.2 Å². The highest BCUT2D eigenvalue weighted by Gasteiger charge is 2.31. The van der Waals surface area contributed by atoms with Crippen molar-refractivity contribution in [1.29, 1.82) is 0 Å². The Bertz CT molecular complexity index is 653. The first-order valence-corrected chi connectivity index (χ1v) is 8.01. The van der Waals surface area contributed by atoms with Crippen molar-refractivity contribution in [2.75, 3.05) is 19.0 Å². The number of methoxy groups -OCH3 is 1. The molecule has 3 N–H and O–H groups in total. The SMILES string of the molecule is COC(CNC(=O)C(Nc1ccc(C(F)(F)F)cc1Cl)C(C)C)C(=O)O. The summed E-state index contributed by atoms with van der Waals surface area (Å²) in [4.78, 5) is 23.2. The fraction of sp³-hybridized carbons (Fsp3) is 0.500. The predicted molar refractivity (Wildman–Crippen MR) is 90.1 cm³/mol. The third kappa shape index (κ3) is 6.06. The number of hydrogen-bond donors (Lipinski definition) is 3. The smallest absolute Gasteiger partial charge is 0.416 e. The first kappa shape index (κ1) is 22.0. The second kappa shape index (κ2) is 9.09. The number of carboxylic acids is 1. The quantitative estimate of drug-likeness (QED) is 0.628. The van der Waals surface area contributed by atoms with Gasteiger partial charge in [0.05, 0.1) is 22.8 Å². The van der Waals surface area contributed by atoms with Gasteiger partial charge in [0.15, 0.2) is 6.10 Å². The molecule has 0 aliphatic rings. The molecule has 1 amide bonds. The summed E-state index contributed by atoms with van der Waals surface area (Å²) in [6, 6.07) is 1.93. The van der Waals surface area contributed by atoms with Crippen molar-refractivity contribution in [1.82, 2.24) is 5.32 Å². The van der Waals surface area contributed by atoms with Gasteiger partial charge < -0.3 is 20.5 Å². The van der Waals surface area contributed by atoms with E-state index in [1.807, 2.05) is 0 Å². The summed E-state index contributed by atoms with van der Waals surface area (Å²) in [5.74, 6) is -2.01. The molecule has 0 saturated heterocycles. The number of amides is 1. The molecule has 10 heteroatoms. The van der Waals surface area contributed by atoms with Crippen molar-refractivity contribution >= 4 is 29.2 Å². The Balaban J connectivity index is 2.88. The molecule has 2 atom stereocenters. The predicted octanol–water partition coefficient (Wildman–Crippen LogP) is 3.01. The van der Waals surface area contributed by atoms with E-state index in [2.05, 4.69) is 10.6 Å². The number of halogens is 4. The molecule has 0 heterocycles. The van der Waals surface area contributed by atoms with Gasteiger partial charge in [-0.2, -0.15) is 13.2 Å². The first-order valence-electron chi connectivity index (χ1n) is 7.64. The number of anilines is 1. The number of carbonyl (C=O) groups excluding carboxylic acids is 1. The van der Waals surface area contributed by atoms with Crippen molar-refractivity contribution in [2.45, 2.75) is 32.2 Å². The molecule has 0 spiro atoms. The Morgan fingerprint density at radius 1 is 1.31 bits per heavy atom. The van der Waals surface area contributed by atoms with Crippen LogP contribution in [-0.4, -0.2) is 42.8 Å². The lowest BCUT2D eigenvalue weighted by Crippen LogP contribution is -2.47. The summed E-state index contributed by atoms with van der Waals surface area (Å²) in [6.07, 6.45) is -5.73. The highest BCUT2D eigenvalue weighted by Crippen LogP contribution is 2.34. The Morgan fingerprint density at radius 3 is 2.35 bits per heavy atom. The van der Waals surface area contributed by atoms with Crippen molar-refractivity contribution in [3.05, 3.63) is 28.8 Å². The molecule has 0 fully saturated rings. The lowest BCUT2D eigenvalue weighted by atomic mass is 10.0. The Labute approximate surface area is 153 Å². The monoisotopic (exact) mass is 396 g/mol. The van der Waals surface area contributed by atoms with Crippen LogP contribution in [0, 0.1) is 5.92 Å². The molecule has 1 aromatic rings. The Kier molecular flexibility index (Phi) is 7.70. The second-order valence-electron chi connectivity index (χ2n) is 5.87. The van der Waals surface area contributed by atoms with E-state index in [1.54, 1.807) is 13.8 Å². The maximum Gasteiger partial charge on any atom is 0.416 e. The van der Waals surface area contributed by atoms with E-state index in [1.165, 1.54) is 7.11 Å². The van der Waals surface area contributed by atoms with Gasteiger partial charge in [-0.1, -0.05) is 25.4 Å². The Hall–Kier alpha value is -2.00. The highest BCUT2D eigenvalue weighted by molar-refractivity contribution is 6.33. The van der Waals surface area contributed by atoms with Crippen LogP contribution in [-0.2, 0) is 20.5 Å². The van der Waals surface area contributed by atoms with Crippen LogP contribution < -0.4 is 10.6 Å². The van der Waals surface area contributed by atoms with Crippen molar-refractivity contribution in [3.63, 3.8) is 0 Å². The maximum absolute atomic E-state index is 12.7. The molecular weight excluding hydrogens is 377 g/mol. The van der Waals surface area contributed by atoms with Gasteiger partial charge >= 0.3 is 12.1 Å². The zero-order valence-electron chi connectivity index (χ0n) is 14.4. The molecular formula is C16H20ClF3N2O4. The first-order chi connectivity index (χ1) is 12.0. The number of aliphatic carboxylic acids is 1. The lowest BCUT2D eigenvalue weighted by Gasteiger charge is -2.24. The number of ether oxygens (including phenoxy) is 1. The maximum atomic E-state index is 12.7. The molecule has 6 nitrogen and oxygen atoms in total. The fourth-order valence-electron chi connectivity index (χ4n) is 2.09. The van der Waals surface area contributed by atoms with E-state index in [9.17, 15) is 22.8 Å². The minimum absolute atomic E-state index is 0.162. The van der Waals surface area contributed by atoms with Crippen LogP contribution >= 0.6 is 11.6 Å². The van der Waals surface area contributed by atoms with Crippen LogP contribution in [0.4, 0.5) is 18.9 Å². The number of hydrogen-bond acceptors (Lipinski definition) is 4. The third-order valence-electron chi connectivity index (χ3n) is 3.58. The van der Waals surface area contributed by atoms with Gasteiger partial charge in [-0.05, 0) is 24.1 Å². The average molecular weight is 397 g/mol. The molecule has 0 aliphatic heterocycles. The number of alkyl halides is 3. The number of carbonyl (C=O) groups is 2.